The predicted octanol–water partition coefficient (Wildman–Crippen LogP) is 14.1. The number of carbonyl (C=O) groups excluding carboxylic acids is 13. The van der Waals surface area contributed by atoms with Gasteiger partial charge in [0.1, 0.15) is 80.0 Å². The number of rotatable bonds is 11. The van der Waals surface area contributed by atoms with Crippen LogP contribution >= 0.6 is 0 Å². The Bertz CT molecular complexity index is 1630. The summed E-state index contributed by atoms with van der Waals surface area (Å²) in [6.45, 7) is 62.7. The summed E-state index contributed by atoms with van der Waals surface area (Å²) in [7, 11) is 7.62. The van der Waals surface area contributed by atoms with Gasteiger partial charge in [0.25, 0.3) is 0 Å². The van der Waals surface area contributed by atoms with Gasteiger partial charge in [-0.15, -0.1) is 0 Å². The molecule has 1 saturated heterocycles. The lowest BCUT2D eigenvalue weighted by Gasteiger charge is -2.31. The van der Waals surface area contributed by atoms with Crippen molar-refractivity contribution in [3.05, 3.63) is 108 Å². The zero-order valence-electron chi connectivity index (χ0n) is 68.6. The molecule has 610 valence electrons. The van der Waals surface area contributed by atoms with Crippen LogP contribution in [-0.4, -0.2) is 156 Å². The van der Waals surface area contributed by atoms with Crippen molar-refractivity contribution in [2.75, 3.05) is 48.3 Å². The number of likely N-dealkylation sites (tertiary alicyclic amines) is 1. The van der Waals surface area contributed by atoms with Crippen molar-refractivity contribution in [1.29, 1.82) is 5.26 Å². The van der Waals surface area contributed by atoms with Crippen LogP contribution in [0.2, 0.25) is 0 Å². The molecule has 3 aromatic rings. The molecule has 26 nitrogen and oxygen atoms in total. The first kappa shape index (κ1) is 175. The largest absolute Gasteiger partial charge is 0.344 e. The Balaban J connectivity index is -0.0000000269. The number of benzene rings is 3. The van der Waals surface area contributed by atoms with Crippen LogP contribution in [0.25, 0.3) is 0 Å². The normalized spacial score (nSPS) is 8.13. The lowest BCUT2D eigenvalue weighted by molar-refractivity contribution is -0.140. The second kappa shape index (κ2) is 212. The van der Waals surface area contributed by atoms with E-state index in [1.807, 2.05) is 170 Å². The summed E-state index contributed by atoms with van der Waals surface area (Å²) < 4.78 is 0. The lowest BCUT2D eigenvalue weighted by Crippen LogP contribution is -2.54. The minimum absolute atomic E-state index is 0. The van der Waals surface area contributed by atoms with Crippen molar-refractivity contribution < 1.29 is 62.3 Å². The minimum atomic E-state index is -0.647. The number of amides is 3. The summed E-state index contributed by atoms with van der Waals surface area (Å²) in [6.07, 6.45) is 10.4. The third kappa shape index (κ3) is 188. The maximum Gasteiger partial charge on any atom is 0.244 e. The summed E-state index contributed by atoms with van der Waals surface area (Å²) in [5, 5.41) is 10.4. The SMILES string of the molecule is C.C=O.C=O.C=O.C=O.C=O.C=O.C=O.C=O.C=O.C=O.CC.CC.CC.CC(=O)N(C)[C@@H](Cc1ccccc1)C(=O)N[C@@H](C)C(=O)N1CCCCC1.CCC#N.CCC(C)C.CCC(C)C.CCC(C)C.CCc1ccccc1.CCc1ccccc1.CN.CN.CN.CN.N.N.N.N.N. The zero-order chi connectivity index (χ0) is 81.0. The fourth-order valence-corrected chi connectivity index (χ4v) is 4.65. The minimum Gasteiger partial charge on any atom is -0.344 e. The number of nitrogens with one attached hydrogen (secondary N) is 1. The number of likely N-dealkylation sites (N-methyl/N-ethyl adjacent to an activating group) is 1. The van der Waals surface area contributed by atoms with Gasteiger partial charge in [0.15, 0.2) is 0 Å². The molecule has 0 saturated carbocycles. The van der Waals surface area contributed by atoms with Gasteiger partial charge in [0, 0.05) is 39.9 Å². The Morgan fingerprint density at radius 3 is 0.802 bits per heavy atom. The summed E-state index contributed by atoms with van der Waals surface area (Å²) in [6, 6.07) is 31.2. The summed E-state index contributed by atoms with van der Waals surface area (Å²) in [5.41, 5.74) is 21.8. The molecule has 1 aliphatic rings. The van der Waals surface area contributed by atoms with E-state index in [0.717, 1.165) is 68.5 Å². The third-order valence-electron chi connectivity index (χ3n) is 10.0. The van der Waals surface area contributed by atoms with E-state index >= 15 is 0 Å². The molecule has 3 aromatic carbocycles. The number of carbonyl (C=O) groups is 13. The van der Waals surface area contributed by atoms with Crippen LogP contribution < -0.4 is 59.0 Å². The van der Waals surface area contributed by atoms with E-state index in [1.165, 1.54) is 70.4 Å². The molecule has 0 radical (unpaired) electrons. The number of piperidine rings is 1. The second-order valence-corrected chi connectivity index (χ2v) is 16.5. The van der Waals surface area contributed by atoms with Gasteiger partial charge in [-0.05, 0) is 102 Å². The molecular formula is C75H167N13O13. The Morgan fingerprint density at radius 1 is 0.446 bits per heavy atom. The van der Waals surface area contributed by atoms with Crippen molar-refractivity contribution in [3.63, 3.8) is 0 Å². The van der Waals surface area contributed by atoms with Crippen LogP contribution in [0.3, 0.4) is 0 Å². The fraction of sp³-hybridized carbons (Fsp3) is 0.573. The van der Waals surface area contributed by atoms with Gasteiger partial charge in [-0.3, -0.25) is 14.4 Å². The Hall–Kier alpha value is -8.10. The fourth-order valence-electron chi connectivity index (χ4n) is 4.65. The van der Waals surface area contributed by atoms with Crippen molar-refractivity contribution in [2.45, 2.75) is 222 Å². The Kier molecular flexibility index (Phi) is 367. The first-order valence-electron chi connectivity index (χ1n) is 31.5. The molecular weight excluding hydrogens is 1290 g/mol. The first-order valence-corrected chi connectivity index (χ1v) is 31.5. The van der Waals surface area contributed by atoms with E-state index in [2.05, 4.69) is 153 Å². The monoisotopic (exact) mass is 1460 g/mol. The van der Waals surface area contributed by atoms with Gasteiger partial charge in [-0.1, -0.05) is 242 Å². The van der Waals surface area contributed by atoms with E-state index in [1.54, 1.807) is 14.0 Å². The molecule has 2 atom stereocenters. The highest BCUT2D eigenvalue weighted by atomic mass is 16.2. The first-order chi connectivity index (χ1) is 46.0. The lowest BCUT2D eigenvalue weighted by atomic mass is 10.0. The standard InChI is InChI=1S/C20H29N3O3.2C8H10.3C5H12.C3H5N.3C2H6.4CH5N.10CH2O.CH4.5H3N/c1-15(20(26)23-12-8-5-9-13-23)21-19(25)18(22(3)16(2)24)14-17-10-6-4-7-11-17;2*1-2-8-6-4-3-5-7-8;3*1-4-5(2)3;1-2-3-4;17*1-2;;;;;;/h4,6-7,10-11,15,18H,5,8-9,12-14H2,1-3H3,(H,21,25);2*3-7H,2H2,1H3;3*5H,4H2,1-3H3;2H2,1H3;3*1-2H3;4*2H2,1H3;10*1H2;1H4;5*1H3/t15-,18-;;;;;;;;;;;;;;;;;;;;;;;;;;;;;/m0............................./s1. The van der Waals surface area contributed by atoms with E-state index in [0.29, 0.717) is 12.8 Å². The number of hydrogen-bond donors (Lipinski definition) is 10. The molecule has 0 spiro atoms. The topological polar surface area (TPSA) is 543 Å². The van der Waals surface area contributed by atoms with Crippen LogP contribution in [0, 0.1) is 29.1 Å². The average Bonchev–Trinajstić information content (AvgIpc) is 0.862. The van der Waals surface area contributed by atoms with Crippen molar-refractivity contribution in [1.82, 2.24) is 45.9 Å². The molecule has 0 bridgehead atoms. The van der Waals surface area contributed by atoms with Gasteiger partial charge in [0.2, 0.25) is 17.7 Å². The summed E-state index contributed by atoms with van der Waals surface area (Å²) >= 11 is 0. The zero-order valence-corrected chi connectivity index (χ0v) is 68.6. The smallest absolute Gasteiger partial charge is 0.244 e. The van der Waals surface area contributed by atoms with Gasteiger partial charge in [0.05, 0.1) is 6.07 Å². The number of nitriles is 1. The molecule has 24 N–H and O–H groups in total. The number of nitrogens with two attached hydrogens (primary N) is 4. The molecule has 4 rings (SSSR count). The molecule has 0 unspecified atom stereocenters. The van der Waals surface area contributed by atoms with Crippen LogP contribution in [0.1, 0.15) is 208 Å². The van der Waals surface area contributed by atoms with E-state index in [9.17, 15) is 14.4 Å². The molecule has 101 heavy (non-hydrogen) atoms. The van der Waals surface area contributed by atoms with Crippen LogP contribution in [0.5, 0.6) is 0 Å². The maximum absolute atomic E-state index is 12.8. The summed E-state index contributed by atoms with van der Waals surface area (Å²) in [4.78, 5) is 120. The molecule has 1 fully saturated rings. The predicted molar refractivity (Wildman–Crippen MR) is 441 cm³/mol. The van der Waals surface area contributed by atoms with Gasteiger partial charge < -0.3 is 117 Å². The van der Waals surface area contributed by atoms with E-state index in [4.69, 9.17) is 53.2 Å². The van der Waals surface area contributed by atoms with Gasteiger partial charge in [-0.2, -0.15) is 5.26 Å². The van der Waals surface area contributed by atoms with Crippen LogP contribution in [-0.2, 0) is 81.6 Å². The van der Waals surface area contributed by atoms with Crippen molar-refractivity contribution >= 4 is 85.6 Å². The third-order valence-corrected chi connectivity index (χ3v) is 10.0. The van der Waals surface area contributed by atoms with E-state index < -0.39 is 12.1 Å². The van der Waals surface area contributed by atoms with Crippen LogP contribution in [0.4, 0.5) is 0 Å². The highest BCUT2D eigenvalue weighted by Crippen LogP contribution is 2.12. The molecule has 0 aromatic heterocycles. The summed E-state index contributed by atoms with van der Waals surface area (Å²) in [5.74, 6) is 2.11. The van der Waals surface area contributed by atoms with E-state index in [-0.39, 0.29) is 55.9 Å². The number of hydrogen-bond acceptors (Lipinski definition) is 23. The molecule has 0 aliphatic carbocycles. The molecule has 3 amide bonds. The van der Waals surface area contributed by atoms with Gasteiger partial charge >= 0.3 is 0 Å². The number of aryl methyl sites for hydroxylation is 2. The van der Waals surface area contributed by atoms with Crippen molar-refractivity contribution in [2.24, 2.45) is 40.7 Å². The molecule has 26 heteroatoms. The van der Waals surface area contributed by atoms with Gasteiger partial charge in [-0.25, -0.2) is 0 Å². The maximum atomic E-state index is 12.8. The average molecular weight is 1460 g/mol. The highest BCUT2D eigenvalue weighted by Gasteiger charge is 2.29. The molecule has 1 aliphatic heterocycles. The van der Waals surface area contributed by atoms with Crippen molar-refractivity contribution in [3.8, 4) is 6.07 Å². The second-order valence-electron chi connectivity index (χ2n) is 16.5. The highest BCUT2D eigenvalue weighted by molar-refractivity contribution is 5.91. The Morgan fingerprint density at radius 2 is 0.644 bits per heavy atom. The van der Waals surface area contributed by atoms with Crippen LogP contribution in [0.15, 0.2) is 91.0 Å². The Labute approximate surface area is 621 Å². The quantitative estimate of drug-likeness (QED) is 0.0852. The molecule has 1 heterocycles. The number of nitrogens with zero attached hydrogens (tertiary/aromatic N) is 3.